The van der Waals surface area contributed by atoms with Crippen molar-refractivity contribution < 1.29 is 18.1 Å². The molecule has 0 amide bonds. The van der Waals surface area contributed by atoms with Crippen LogP contribution < -0.4 is 0 Å². The first-order chi connectivity index (χ1) is 15.0. The molecule has 1 unspecified atom stereocenters. The lowest BCUT2D eigenvalue weighted by Crippen LogP contribution is -2.46. The average Bonchev–Trinajstić information content (AvgIpc) is 3.14. The molecular formula is C26H34O4Si. The Hall–Kier alpha value is -2.05. The van der Waals surface area contributed by atoms with Gasteiger partial charge in [0.2, 0.25) is 0 Å². The summed E-state index contributed by atoms with van der Waals surface area (Å²) in [6, 6.07) is 15.4. The van der Waals surface area contributed by atoms with Crippen LogP contribution in [0.25, 0.3) is 11.1 Å². The zero-order valence-corrected chi connectivity index (χ0v) is 20.2. The monoisotopic (exact) mass is 438 g/mol. The van der Waals surface area contributed by atoms with Gasteiger partial charge in [0.15, 0.2) is 5.78 Å². The summed E-state index contributed by atoms with van der Waals surface area (Å²) in [6.07, 6.45) is 1.47. The van der Waals surface area contributed by atoms with Gasteiger partial charge in [-0.05, 0) is 73.9 Å². The Balaban J connectivity index is 1.96. The van der Waals surface area contributed by atoms with Crippen LogP contribution in [0.2, 0.25) is 6.04 Å². The van der Waals surface area contributed by atoms with Gasteiger partial charge < -0.3 is 13.3 Å². The minimum atomic E-state index is -2.84. The molecule has 31 heavy (non-hydrogen) atoms. The van der Waals surface area contributed by atoms with Crippen molar-refractivity contribution in [2.75, 3.05) is 19.8 Å². The fraction of sp³-hybridized carbons (Fsp3) is 0.423. The number of hydrogen-bond donors (Lipinski definition) is 0. The van der Waals surface area contributed by atoms with Crippen LogP contribution in [-0.4, -0.2) is 34.4 Å². The summed E-state index contributed by atoms with van der Waals surface area (Å²) in [5.41, 5.74) is 6.73. The molecule has 0 spiro atoms. The summed E-state index contributed by atoms with van der Waals surface area (Å²) in [7, 11) is -2.84. The fourth-order valence-corrected chi connectivity index (χ4v) is 7.20. The predicted octanol–water partition coefficient (Wildman–Crippen LogP) is 5.93. The molecule has 0 fully saturated rings. The molecule has 0 aliphatic heterocycles. The van der Waals surface area contributed by atoms with Crippen LogP contribution >= 0.6 is 0 Å². The van der Waals surface area contributed by atoms with Gasteiger partial charge >= 0.3 is 8.80 Å². The number of fused-ring (bicyclic) bond motifs is 3. The van der Waals surface area contributed by atoms with Gasteiger partial charge in [0.1, 0.15) is 0 Å². The van der Waals surface area contributed by atoms with E-state index in [-0.39, 0.29) is 11.7 Å². The molecule has 166 valence electrons. The zero-order chi connectivity index (χ0) is 22.4. The third-order valence-electron chi connectivity index (χ3n) is 5.83. The maximum Gasteiger partial charge on any atom is 0.500 e. The van der Waals surface area contributed by atoms with Crippen molar-refractivity contribution in [3.8, 4) is 11.1 Å². The number of hydrogen-bond acceptors (Lipinski definition) is 4. The van der Waals surface area contributed by atoms with E-state index in [9.17, 15) is 4.79 Å². The van der Waals surface area contributed by atoms with Crippen LogP contribution in [0.5, 0.6) is 0 Å². The molecule has 0 heterocycles. The summed E-state index contributed by atoms with van der Waals surface area (Å²) < 4.78 is 18.1. The molecule has 0 N–H and O–H groups in total. The molecule has 2 aromatic rings. The van der Waals surface area contributed by atoms with E-state index in [1.165, 1.54) is 22.3 Å². The number of ketones is 1. The van der Waals surface area contributed by atoms with E-state index in [1.54, 1.807) is 6.92 Å². The Bertz CT molecular complexity index is 920. The summed E-state index contributed by atoms with van der Waals surface area (Å²) in [6.45, 7) is 13.2. The van der Waals surface area contributed by atoms with Gasteiger partial charge in [-0.15, -0.1) is 0 Å². The topological polar surface area (TPSA) is 44.8 Å². The lowest BCUT2D eigenvalue weighted by molar-refractivity contribution is -0.117. The van der Waals surface area contributed by atoms with Gasteiger partial charge in [-0.2, -0.15) is 0 Å². The SMILES string of the molecule is C=C(C)C(=O)C(CC[Si](OCC)(OCC)OCC)c1cccc2c1Cc1ccccc1-2. The Morgan fingerprint density at radius 3 is 2.19 bits per heavy atom. The summed E-state index contributed by atoms with van der Waals surface area (Å²) in [5, 5.41) is 0. The van der Waals surface area contributed by atoms with Crippen LogP contribution in [0.15, 0.2) is 54.6 Å². The van der Waals surface area contributed by atoms with Gasteiger partial charge in [0, 0.05) is 31.8 Å². The van der Waals surface area contributed by atoms with Crippen molar-refractivity contribution in [3.63, 3.8) is 0 Å². The molecule has 0 radical (unpaired) electrons. The van der Waals surface area contributed by atoms with Crippen molar-refractivity contribution >= 4 is 14.6 Å². The molecule has 0 bridgehead atoms. The molecule has 1 aliphatic carbocycles. The van der Waals surface area contributed by atoms with Gasteiger partial charge in [-0.25, -0.2) is 0 Å². The molecule has 0 saturated carbocycles. The highest BCUT2D eigenvalue weighted by Gasteiger charge is 2.42. The van der Waals surface area contributed by atoms with Crippen LogP contribution in [0.1, 0.15) is 56.7 Å². The van der Waals surface area contributed by atoms with Gasteiger partial charge in [-0.3, -0.25) is 4.79 Å². The molecular weight excluding hydrogens is 404 g/mol. The maximum absolute atomic E-state index is 13.3. The summed E-state index contributed by atoms with van der Waals surface area (Å²) in [4.78, 5) is 13.3. The maximum atomic E-state index is 13.3. The molecule has 1 atom stereocenters. The molecule has 4 nitrogen and oxygen atoms in total. The highest BCUT2D eigenvalue weighted by atomic mass is 28.4. The Morgan fingerprint density at radius 2 is 1.58 bits per heavy atom. The second kappa shape index (κ2) is 10.5. The normalized spacial score (nSPS) is 13.5. The molecule has 0 saturated heterocycles. The zero-order valence-electron chi connectivity index (χ0n) is 19.2. The van der Waals surface area contributed by atoms with E-state index >= 15 is 0 Å². The lowest BCUT2D eigenvalue weighted by Gasteiger charge is -2.30. The largest absolute Gasteiger partial charge is 0.500 e. The van der Waals surface area contributed by atoms with Crippen molar-refractivity contribution in [2.45, 2.75) is 52.5 Å². The lowest BCUT2D eigenvalue weighted by atomic mass is 9.85. The van der Waals surface area contributed by atoms with Crippen molar-refractivity contribution in [1.29, 1.82) is 0 Å². The first-order valence-electron chi connectivity index (χ1n) is 11.3. The van der Waals surface area contributed by atoms with Crippen LogP contribution in [0, 0.1) is 0 Å². The summed E-state index contributed by atoms with van der Waals surface area (Å²) >= 11 is 0. The molecule has 5 heteroatoms. The first-order valence-corrected chi connectivity index (χ1v) is 13.2. The molecule has 0 aromatic heterocycles. The number of carbonyl (C=O) groups is 1. The second-order valence-electron chi connectivity index (χ2n) is 7.93. The number of benzene rings is 2. The standard InChI is InChI=1S/C26H34O4Si/c1-6-28-31(29-7-2,30-8-3)17-16-24(26(27)19(4)5)23-15-11-14-22-21-13-10-9-12-20(21)18-25(22)23/h9-15,24H,4,6-8,16-18H2,1-3,5H3. The van der Waals surface area contributed by atoms with E-state index in [0.717, 1.165) is 12.0 Å². The van der Waals surface area contributed by atoms with Gasteiger partial charge in [-0.1, -0.05) is 49.0 Å². The first kappa shape index (κ1) is 23.6. The van der Waals surface area contributed by atoms with E-state index in [4.69, 9.17) is 13.3 Å². The minimum absolute atomic E-state index is 0.0803. The fourth-order valence-electron chi connectivity index (χ4n) is 4.56. The molecule has 1 aliphatic rings. The van der Waals surface area contributed by atoms with Gasteiger partial charge in [0.05, 0.1) is 0 Å². The van der Waals surface area contributed by atoms with E-state index in [1.807, 2.05) is 20.8 Å². The third kappa shape index (κ3) is 5.07. The van der Waals surface area contributed by atoms with Gasteiger partial charge in [0.25, 0.3) is 0 Å². The number of rotatable bonds is 12. The Kier molecular flexibility index (Phi) is 8.00. The third-order valence-corrected chi connectivity index (χ3v) is 8.92. The van der Waals surface area contributed by atoms with Crippen LogP contribution in [0.4, 0.5) is 0 Å². The highest BCUT2D eigenvalue weighted by molar-refractivity contribution is 6.60. The minimum Gasteiger partial charge on any atom is -0.374 e. The molecule has 3 rings (SSSR count). The van der Waals surface area contributed by atoms with Crippen molar-refractivity contribution in [1.82, 2.24) is 0 Å². The Morgan fingerprint density at radius 1 is 0.968 bits per heavy atom. The van der Waals surface area contributed by atoms with Crippen LogP contribution in [0.3, 0.4) is 0 Å². The van der Waals surface area contributed by atoms with E-state index in [0.29, 0.717) is 37.9 Å². The van der Waals surface area contributed by atoms with E-state index < -0.39 is 8.80 Å². The molecule has 2 aromatic carbocycles. The van der Waals surface area contributed by atoms with Crippen molar-refractivity contribution in [3.05, 3.63) is 71.3 Å². The van der Waals surface area contributed by atoms with Crippen LogP contribution in [-0.2, 0) is 24.5 Å². The quantitative estimate of drug-likeness (QED) is 0.260. The Labute approximate surface area is 187 Å². The van der Waals surface area contributed by atoms with E-state index in [2.05, 4.69) is 49.0 Å². The average molecular weight is 439 g/mol. The number of Topliss-reactive ketones (excluding diaryl/α,β-unsaturated/α-hetero) is 1. The summed E-state index contributed by atoms with van der Waals surface area (Å²) in [5.74, 6) is -0.202. The second-order valence-corrected chi connectivity index (χ2v) is 10.7. The van der Waals surface area contributed by atoms with Crippen molar-refractivity contribution in [2.24, 2.45) is 0 Å². The number of carbonyl (C=O) groups excluding carboxylic acids is 1. The smallest absolute Gasteiger partial charge is 0.374 e. The number of allylic oxidation sites excluding steroid dienone is 1. The predicted molar refractivity (Wildman–Crippen MR) is 127 cm³/mol. The highest BCUT2D eigenvalue weighted by Crippen LogP contribution is 2.42.